The number of hydrogen-bond acceptors (Lipinski definition) is 5. The number of para-hydroxylation sites is 1. The molecule has 0 aliphatic carbocycles. The summed E-state index contributed by atoms with van der Waals surface area (Å²) in [4.78, 5) is 12.7. The SMILES string of the molecule is O=C(Nc1nnc(-c2ccccc2)o1)c1ccccc1Oc1cc(Cl)cc(Cl)c1. The Bertz CT molecular complexity index is 1140. The third-order valence-electron chi connectivity index (χ3n) is 3.86. The standard InChI is InChI=1S/C21H13Cl2N3O3/c22-14-10-15(23)12-16(11-14)28-18-9-5-4-8-17(18)19(27)24-21-26-25-20(29-21)13-6-2-1-3-7-13/h1-12H,(H,24,26,27). The van der Waals surface area contributed by atoms with E-state index in [4.69, 9.17) is 32.4 Å². The van der Waals surface area contributed by atoms with Crippen molar-refractivity contribution in [2.24, 2.45) is 0 Å². The van der Waals surface area contributed by atoms with Crippen LogP contribution in [0.5, 0.6) is 11.5 Å². The summed E-state index contributed by atoms with van der Waals surface area (Å²) in [5, 5.41) is 11.3. The summed E-state index contributed by atoms with van der Waals surface area (Å²) in [5.74, 6) is 0.578. The minimum atomic E-state index is -0.461. The third kappa shape index (κ3) is 4.56. The highest BCUT2D eigenvalue weighted by Crippen LogP contribution is 2.30. The van der Waals surface area contributed by atoms with Gasteiger partial charge in [-0.3, -0.25) is 10.1 Å². The number of benzene rings is 3. The molecule has 1 aromatic heterocycles. The van der Waals surface area contributed by atoms with E-state index < -0.39 is 5.91 Å². The summed E-state index contributed by atoms with van der Waals surface area (Å²) in [6.07, 6.45) is 0. The van der Waals surface area contributed by atoms with Crippen LogP contribution < -0.4 is 10.1 Å². The van der Waals surface area contributed by atoms with Gasteiger partial charge in [0.1, 0.15) is 11.5 Å². The number of hydrogen-bond donors (Lipinski definition) is 1. The topological polar surface area (TPSA) is 77.3 Å². The van der Waals surface area contributed by atoms with Crippen LogP contribution in [-0.4, -0.2) is 16.1 Å². The number of amides is 1. The van der Waals surface area contributed by atoms with Gasteiger partial charge in [0.2, 0.25) is 5.89 Å². The second-order valence-corrected chi connectivity index (χ2v) is 6.81. The fourth-order valence-electron chi connectivity index (χ4n) is 2.59. The van der Waals surface area contributed by atoms with Crippen molar-refractivity contribution in [3.8, 4) is 23.0 Å². The van der Waals surface area contributed by atoms with Gasteiger partial charge < -0.3 is 9.15 Å². The van der Waals surface area contributed by atoms with Gasteiger partial charge in [-0.25, -0.2) is 0 Å². The van der Waals surface area contributed by atoms with E-state index in [1.165, 1.54) is 0 Å². The molecular weight excluding hydrogens is 413 g/mol. The number of nitrogens with zero attached hydrogens (tertiary/aromatic N) is 2. The van der Waals surface area contributed by atoms with E-state index in [0.29, 0.717) is 27.4 Å². The number of nitrogens with one attached hydrogen (secondary N) is 1. The molecule has 0 saturated heterocycles. The Morgan fingerprint density at radius 3 is 2.34 bits per heavy atom. The van der Waals surface area contributed by atoms with Crippen molar-refractivity contribution in [3.63, 3.8) is 0 Å². The van der Waals surface area contributed by atoms with Gasteiger partial charge in [0.25, 0.3) is 5.91 Å². The van der Waals surface area contributed by atoms with Gasteiger partial charge in [-0.15, -0.1) is 5.10 Å². The minimum absolute atomic E-state index is 0.0190. The largest absolute Gasteiger partial charge is 0.456 e. The zero-order valence-corrected chi connectivity index (χ0v) is 16.3. The van der Waals surface area contributed by atoms with Crippen molar-refractivity contribution in [3.05, 3.63) is 88.4 Å². The number of carbonyl (C=O) groups is 1. The average molecular weight is 426 g/mol. The lowest BCUT2D eigenvalue weighted by Crippen LogP contribution is -2.13. The molecule has 0 saturated carbocycles. The van der Waals surface area contributed by atoms with Crippen LogP contribution in [0.4, 0.5) is 6.01 Å². The molecule has 1 amide bonds. The van der Waals surface area contributed by atoms with E-state index in [9.17, 15) is 4.79 Å². The smallest absolute Gasteiger partial charge is 0.322 e. The lowest BCUT2D eigenvalue weighted by molar-refractivity contribution is 0.102. The highest BCUT2D eigenvalue weighted by Gasteiger charge is 2.17. The van der Waals surface area contributed by atoms with Gasteiger partial charge in [-0.05, 0) is 42.5 Å². The number of aromatic nitrogens is 2. The van der Waals surface area contributed by atoms with Crippen LogP contribution in [-0.2, 0) is 0 Å². The van der Waals surface area contributed by atoms with Gasteiger partial charge >= 0.3 is 6.01 Å². The molecule has 0 fully saturated rings. The van der Waals surface area contributed by atoms with Crippen LogP contribution in [0, 0.1) is 0 Å². The van der Waals surface area contributed by atoms with Crippen LogP contribution in [0.25, 0.3) is 11.5 Å². The van der Waals surface area contributed by atoms with Crippen LogP contribution >= 0.6 is 23.2 Å². The van der Waals surface area contributed by atoms with Crippen LogP contribution in [0.2, 0.25) is 10.0 Å². The monoisotopic (exact) mass is 425 g/mol. The summed E-state index contributed by atoms with van der Waals surface area (Å²) in [7, 11) is 0. The maximum atomic E-state index is 12.7. The summed E-state index contributed by atoms with van der Waals surface area (Å²) in [6.45, 7) is 0. The highest BCUT2D eigenvalue weighted by atomic mass is 35.5. The Morgan fingerprint density at radius 1 is 0.897 bits per heavy atom. The molecule has 0 radical (unpaired) electrons. The number of carbonyl (C=O) groups excluding carboxylic acids is 1. The summed E-state index contributed by atoms with van der Waals surface area (Å²) in [6, 6.07) is 20.8. The molecule has 0 aliphatic rings. The van der Waals surface area contributed by atoms with Crippen LogP contribution in [0.3, 0.4) is 0 Å². The highest BCUT2D eigenvalue weighted by molar-refractivity contribution is 6.34. The molecule has 144 valence electrons. The first-order valence-electron chi connectivity index (χ1n) is 8.52. The molecule has 6 nitrogen and oxygen atoms in total. The molecule has 0 aliphatic heterocycles. The van der Waals surface area contributed by atoms with Gasteiger partial charge in [-0.1, -0.05) is 58.6 Å². The van der Waals surface area contributed by atoms with E-state index in [1.54, 1.807) is 42.5 Å². The molecule has 0 unspecified atom stereocenters. The normalized spacial score (nSPS) is 10.6. The molecular formula is C21H13Cl2N3O3. The molecule has 4 rings (SSSR count). The van der Waals surface area contributed by atoms with Crippen LogP contribution in [0.1, 0.15) is 10.4 Å². The van der Waals surface area contributed by atoms with Crippen molar-refractivity contribution in [2.75, 3.05) is 5.32 Å². The Hall–Kier alpha value is -3.35. The Balaban J connectivity index is 1.54. The fraction of sp³-hybridized carbons (Fsp3) is 0. The third-order valence-corrected chi connectivity index (χ3v) is 4.30. The van der Waals surface area contributed by atoms with Crippen molar-refractivity contribution < 1.29 is 13.9 Å². The average Bonchev–Trinajstić information content (AvgIpc) is 3.17. The quantitative estimate of drug-likeness (QED) is 0.418. The molecule has 3 aromatic carbocycles. The lowest BCUT2D eigenvalue weighted by Gasteiger charge is -2.11. The molecule has 0 bridgehead atoms. The second-order valence-electron chi connectivity index (χ2n) is 5.94. The Labute approximate surface area is 176 Å². The van der Waals surface area contributed by atoms with E-state index >= 15 is 0 Å². The van der Waals surface area contributed by atoms with Crippen molar-refractivity contribution in [2.45, 2.75) is 0 Å². The predicted molar refractivity (Wildman–Crippen MR) is 111 cm³/mol. The summed E-state index contributed by atoms with van der Waals surface area (Å²) < 4.78 is 11.3. The maximum absolute atomic E-state index is 12.7. The Morgan fingerprint density at radius 2 is 1.59 bits per heavy atom. The molecule has 0 spiro atoms. The molecule has 1 N–H and O–H groups in total. The van der Waals surface area contributed by atoms with Gasteiger partial charge in [0.15, 0.2) is 0 Å². The van der Waals surface area contributed by atoms with Gasteiger partial charge in [-0.2, -0.15) is 0 Å². The number of ether oxygens (including phenoxy) is 1. The molecule has 29 heavy (non-hydrogen) atoms. The molecule has 1 heterocycles. The van der Waals surface area contributed by atoms with E-state index in [1.807, 2.05) is 30.3 Å². The number of halogens is 2. The second kappa shape index (κ2) is 8.34. The molecule has 0 atom stereocenters. The fourth-order valence-corrected chi connectivity index (χ4v) is 3.10. The summed E-state index contributed by atoms with van der Waals surface area (Å²) >= 11 is 12.0. The number of anilines is 1. The summed E-state index contributed by atoms with van der Waals surface area (Å²) in [5.41, 5.74) is 1.03. The Kier molecular flexibility index (Phi) is 5.46. The van der Waals surface area contributed by atoms with E-state index in [0.717, 1.165) is 5.56 Å². The van der Waals surface area contributed by atoms with Gasteiger partial charge in [0.05, 0.1) is 5.56 Å². The molecule has 4 aromatic rings. The first-order chi connectivity index (χ1) is 14.1. The van der Waals surface area contributed by atoms with Gasteiger partial charge in [0, 0.05) is 15.6 Å². The lowest BCUT2D eigenvalue weighted by atomic mass is 10.2. The van der Waals surface area contributed by atoms with Crippen molar-refractivity contribution in [1.82, 2.24) is 10.2 Å². The predicted octanol–water partition coefficient (Wildman–Crippen LogP) is 6.09. The number of rotatable bonds is 5. The van der Waals surface area contributed by atoms with E-state index in [-0.39, 0.29) is 11.6 Å². The van der Waals surface area contributed by atoms with Crippen molar-refractivity contribution in [1.29, 1.82) is 0 Å². The van der Waals surface area contributed by atoms with Crippen molar-refractivity contribution >= 4 is 35.1 Å². The first-order valence-corrected chi connectivity index (χ1v) is 9.27. The molecule has 8 heteroatoms. The first kappa shape index (κ1) is 19.0. The van der Waals surface area contributed by atoms with E-state index in [2.05, 4.69) is 15.5 Å². The minimum Gasteiger partial charge on any atom is -0.456 e. The van der Waals surface area contributed by atoms with Crippen LogP contribution in [0.15, 0.2) is 77.2 Å². The zero-order valence-electron chi connectivity index (χ0n) is 14.8. The zero-order chi connectivity index (χ0) is 20.2. The maximum Gasteiger partial charge on any atom is 0.322 e.